The number of hydrogen-bond acceptors (Lipinski definition) is 6. The summed E-state index contributed by atoms with van der Waals surface area (Å²) < 4.78 is 0. The van der Waals surface area contributed by atoms with Gasteiger partial charge in [0, 0.05) is 23.7 Å². The first-order chi connectivity index (χ1) is 19.0. The monoisotopic (exact) mass is 539 g/mol. The molecule has 0 saturated heterocycles. The number of carbonyl (C=O) groups excluding carboxylic acids is 3. The van der Waals surface area contributed by atoms with E-state index in [-0.39, 0.29) is 17.7 Å². The summed E-state index contributed by atoms with van der Waals surface area (Å²) in [6.07, 6.45) is 3.14. The zero-order valence-electron chi connectivity index (χ0n) is 21.7. The fourth-order valence-electron chi connectivity index (χ4n) is 4.53. The highest BCUT2D eigenvalue weighted by Crippen LogP contribution is 2.41. The van der Waals surface area contributed by atoms with E-state index in [2.05, 4.69) is 20.9 Å². The highest BCUT2D eigenvalue weighted by atomic mass is 32.2. The second-order valence-electron chi connectivity index (χ2n) is 9.29. The lowest BCUT2D eigenvalue weighted by molar-refractivity contribution is -0.128. The summed E-state index contributed by atoms with van der Waals surface area (Å²) in [5.74, 6) is -0.403. The van der Waals surface area contributed by atoms with Crippen molar-refractivity contribution in [3.05, 3.63) is 96.3 Å². The first-order valence-electron chi connectivity index (χ1n) is 12.7. The van der Waals surface area contributed by atoms with Crippen LogP contribution in [0.1, 0.15) is 22.8 Å². The summed E-state index contributed by atoms with van der Waals surface area (Å²) in [4.78, 5) is 46.3. The van der Waals surface area contributed by atoms with Gasteiger partial charge in [0.25, 0.3) is 11.8 Å². The Balaban J connectivity index is 1.54. The number of pyridine rings is 1. The molecule has 0 radical (unpaired) electrons. The van der Waals surface area contributed by atoms with Crippen molar-refractivity contribution in [2.24, 2.45) is 0 Å². The van der Waals surface area contributed by atoms with Crippen LogP contribution >= 0.6 is 11.8 Å². The third-order valence-corrected chi connectivity index (χ3v) is 8.00. The molecule has 8 nitrogen and oxygen atoms in total. The maximum atomic E-state index is 14.0. The van der Waals surface area contributed by atoms with Crippen LogP contribution in [-0.4, -0.2) is 47.6 Å². The molecule has 2 atom stereocenters. The molecule has 1 aromatic heterocycles. The van der Waals surface area contributed by atoms with E-state index in [0.717, 1.165) is 21.2 Å². The molecule has 4 aromatic rings. The highest BCUT2D eigenvalue weighted by Gasteiger charge is 2.34. The SMILES string of the molecule is CN[C@@H](C)C(=O)N[C@H]1CSc2c(NC(=O)c3ccncc3)cccc2N(Cc2cccc3ccccc23)C1=O. The number of rotatable bonds is 7. The standard InChI is InChI=1S/C30H29N5O3S/c1-19(31-2)28(36)34-25-18-39-27-24(33-29(37)21-13-15-32-16-14-21)11-6-12-26(27)35(30(25)38)17-22-9-5-8-20-7-3-4-10-23(20)22/h3-16,19,25,31H,17-18H2,1-2H3,(H,33,37)(H,34,36)/t19-,25-/m0/s1. The molecule has 0 unspecified atom stereocenters. The van der Waals surface area contributed by atoms with Crippen molar-refractivity contribution in [2.75, 3.05) is 23.0 Å². The lowest BCUT2D eigenvalue weighted by Gasteiger charge is -2.27. The van der Waals surface area contributed by atoms with Gasteiger partial charge in [-0.1, -0.05) is 48.5 Å². The molecule has 1 aliphatic heterocycles. The largest absolute Gasteiger partial charge is 0.342 e. The average molecular weight is 540 g/mol. The summed E-state index contributed by atoms with van der Waals surface area (Å²) in [5, 5.41) is 11.0. The molecule has 0 saturated carbocycles. The van der Waals surface area contributed by atoms with Crippen molar-refractivity contribution in [1.29, 1.82) is 0 Å². The van der Waals surface area contributed by atoms with Crippen LogP contribution in [-0.2, 0) is 16.1 Å². The molecule has 3 N–H and O–H groups in total. The van der Waals surface area contributed by atoms with E-state index < -0.39 is 12.1 Å². The lowest BCUT2D eigenvalue weighted by atomic mass is 10.0. The first-order valence-corrected chi connectivity index (χ1v) is 13.7. The summed E-state index contributed by atoms with van der Waals surface area (Å²) in [7, 11) is 1.70. The van der Waals surface area contributed by atoms with Gasteiger partial charge in [0.05, 0.1) is 28.9 Å². The molecular weight excluding hydrogens is 510 g/mol. The van der Waals surface area contributed by atoms with Gasteiger partial charge in [-0.05, 0) is 54.6 Å². The Kier molecular flexibility index (Phi) is 7.90. The van der Waals surface area contributed by atoms with E-state index in [9.17, 15) is 14.4 Å². The lowest BCUT2D eigenvalue weighted by Crippen LogP contribution is -2.53. The number of thioether (sulfide) groups is 1. The van der Waals surface area contributed by atoms with Crippen LogP contribution in [0.3, 0.4) is 0 Å². The Morgan fingerprint density at radius 1 is 1.03 bits per heavy atom. The molecule has 5 rings (SSSR count). The van der Waals surface area contributed by atoms with Crippen molar-refractivity contribution < 1.29 is 14.4 Å². The van der Waals surface area contributed by atoms with Gasteiger partial charge in [-0.15, -0.1) is 11.8 Å². The molecule has 0 fully saturated rings. The van der Waals surface area contributed by atoms with Crippen molar-refractivity contribution in [1.82, 2.24) is 15.6 Å². The highest BCUT2D eigenvalue weighted by molar-refractivity contribution is 7.99. The Hall–Kier alpha value is -4.21. The van der Waals surface area contributed by atoms with Crippen LogP contribution in [0.4, 0.5) is 11.4 Å². The quantitative estimate of drug-likeness (QED) is 0.325. The second kappa shape index (κ2) is 11.7. The third kappa shape index (κ3) is 5.64. The Bertz CT molecular complexity index is 1520. The molecular formula is C30H29N5O3S. The molecule has 198 valence electrons. The summed E-state index contributed by atoms with van der Waals surface area (Å²) in [5.41, 5.74) is 2.75. The van der Waals surface area contributed by atoms with Crippen molar-refractivity contribution in [3.8, 4) is 0 Å². The molecule has 3 aromatic carbocycles. The van der Waals surface area contributed by atoms with Gasteiger partial charge in [0.15, 0.2) is 0 Å². The maximum Gasteiger partial charge on any atom is 0.255 e. The molecule has 1 aliphatic rings. The minimum atomic E-state index is -0.746. The summed E-state index contributed by atoms with van der Waals surface area (Å²) in [6, 6.07) is 21.7. The predicted molar refractivity (Wildman–Crippen MR) is 155 cm³/mol. The summed E-state index contributed by atoms with van der Waals surface area (Å²) >= 11 is 1.44. The van der Waals surface area contributed by atoms with E-state index in [1.54, 1.807) is 43.4 Å². The average Bonchev–Trinajstić information content (AvgIpc) is 3.10. The fourth-order valence-corrected chi connectivity index (χ4v) is 5.69. The second-order valence-corrected chi connectivity index (χ2v) is 10.3. The number of likely N-dealkylation sites (N-methyl/N-ethyl adjacent to an activating group) is 1. The number of aromatic nitrogens is 1. The Morgan fingerprint density at radius 3 is 2.56 bits per heavy atom. The van der Waals surface area contributed by atoms with Crippen LogP contribution in [0.2, 0.25) is 0 Å². The zero-order chi connectivity index (χ0) is 27.4. The van der Waals surface area contributed by atoms with Crippen LogP contribution in [0, 0.1) is 0 Å². The van der Waals surface area contributed by atoms with Crippen LogP contribution in [0.25, 0.3) is 10.8 Å². The smallest absolute Gasteiger partial charge is 0.255 e. The van der Waals surface area contributed by atoms with Crippen LogP contribution in [0.5, 0.6) is 0 Å². The van der Waals surface area contributed by atoms with E-state index in [0.29, 0.717) is 29.2 Å². The molecule has 39 heavy (non-hydrogen) atoms. The van der Waals surface area contributed by atoms with Crippen LogP contribution in [0.15, 0.2) is 90.1 Å². The van der Waals surface area contributed by atoms with Gasteiger partial charge in [0.1, 0.15) is 6.04 Å². The maximum absolute atomic E-state index is 14.0. The van der Waals surface area contributed by atoms with Gasteiger partial charge >= 0.3 is 0 Å². The van der Waals surface area contributed by atoms with E-state index in [1.807, 2.05) is 60.7 Å². The van der Waals surface area contributed by atoms with Crippen molar-refractivity contribution >= 4 is 51.6 Å². The normalized spacial score (nSPS) is 15.8. The molecule has 0 bridgehead atoms. The summed E-state index contributed by atoms with van der Waals surface area (Å²) in [6.45, 7) is 2.06. The fraction of sp³-hybridized carbons (Fsp3) is 0.200. The first kappa shape index (κ1) is 26.4. The number of anilines is 2. The Labute approximate surface area is 231 Å². The molecule has 9 heteroatoms. The number of nitrogens with zero attached hydrogens (tertiary/aromatic N) is 2. The third-order valence-electron chi connectivity index (χ3n) is 6.79. The van der Waals surface area contributed by atoms with Crippen molar-refractivity contribution in [2.45, 2.75) is 30.4 Å². The minimum Gasteiger partial charge on any atom is -0.342 e. The van der Waals surface area contributed by atoms with Crippen molar-refractivity contribution in [3.63, 3.8) is 0 Å². The van der Waals surface area contributed by atoms with Gasteiger partial charge in [-0.25, -0.2) is 0 Å². The predicted octanol–water partition coefficient (Wildman–Crippen LogP) is 4.22. The Morgan fingerprint density at radius 2 is 1.77 bits per heavy atom. The number of fused-ring (bicyclic) bond motifs is 2. The zero-order valence-corrected chi connectivity index (χ0v) is 22.5. The number of benzene rings is 3. The number of carbonyl (C=O) groups is 3. The van der Waals surface area contributed by atoms with E-state index in [4.69, 9.17) is 0 Å². The number of amides is 3. The van der Waals surface area contributed by atoms with Crippen LogP contribution < -0.4 is 20.9 Å². The molecule has 0 aliphatic carbocycles. The van der Waals surface area contributed by atoms with Gasteiger partial charge in [0.2, 0.25) is 5.91 Å². The van der Waals surface area contributed by atoms with E-state index in [1.165, 1.54) is 11.8 Å². The van der Waals surface area contributed by atoms with Gasteiger partial charge < -0.3 is 20.9 Å². The van der Waals surface area contributed by atoms with E-state index >= 15 is 0 Å². The minimum absolute atomic E-state index is 0.205. The van der Waals surface area contributed by atoms with Gasteiger partial charge in [-0.2, -0.15) is 0 Å². The number of nitrogens with one attached hydrogen (secondary N) is 3. The molecule has 2 heterocycles. The molecule has 3 amide bonds. The number of hydrogen-bond donors (Lipinski definition) is 3. The molecule has 0 spiro atoms. The van der Waals surface area contributed by atoms with Gasteiger partial charge in [-0.3, -0.25) is 19.4 Å². The topological polar surface area (TPSA) is 103 Å².